The number of halogens is 4. The van der Waals surface area contributed by atoms with E-state index in [1.165, 1.54) is 22.6 Å². The summed E-state index contributed by atoms with van der Waals surface area (Å²) >= 11 is 1.49. The number of carbonyl (C=O) groups is 1. The van der Waals surface area contributed by atoms with E-state index in [-0.39, 0.29) is 9.86 Å². The lowest BCUT2D eigenvalue weighted by molar-refractivity contribution is 0.111. The van der Waals surface area contributed by atoms with E-state index in [4.69, 9.17) is 0 Å². The van der Waals surface area contributed by atoms with Crippen LogP contribution in [-0.4, -0.2) is 11.3 Å². The molecule has 0 amide bonds. The second-order valence-electron chi connectivity index (χ2n) is 2.15. The minimum Gasteiger partial charge on any atom is -0.298 e. The third kappa shape index (κ3) is 1.98. The van der Waals surface area contributed by atoms with Crippen molar-refractivity contribution in [1.29, 1.82) is 0 Å². The second-order valence-corrected chi connectivity index (χ2v) is 3.23. The Bertz CT molecular complexity index is 343. The molecule has 0 atom stereocenters. The standard InChI is InChI=1S/C7H3F3INO/c8-6(9)3-1-12-7(10)4(2-13)5(3)11/h1-2,6H. The molecule has 1 heterocycles. The van der Waals surface area contributed by atoms with Gasteiger partial charge in [-0.3, -0.25) is 4.79 Å². The molecule has 0 aliphatic rings. The average molecular weight is 301 g/mol. The molecule has 0 fully saturated rings. The van der Waals surface area contributed by atoms with Gasteiger partial charge in [-0.2, -0.15) is 4.39 Å². The van der Waals surface area contributed by atoms with E-state index in [9.17, 15) is 18.0 Å². The van der Waals surface area contributed by atoms with Crippen molar-refractivity contribution >= 4 is 28.9 Å². The van der Waals surface area contributed by atoms with Gasteiger partial charge in [-0.25, -0.2) is 13.8 Å². The molecule has 13 heavy (non-hydrogen) atoms. The van der Waals surface area contributed by atoms with Crippen molar-refractivity contribution in [2.75, 3.05) is 0 Å². The molecule has 0 N–H and O–H groups in total. The first-order chi connectivity index (χ1) is 6.07. The zero-order chi connectivity index (χ0) is 10.0. The Labute approximate surface area is 85.3 Å². The highest BCUT2D eigenvalue weighted by Crippen LogP contribution is 2.26. The summed E-state index contributed by atoms with van der Waals surface area (Å²) in [5.41, 5.74) is -0.845. The van der Waals surface area contributed by atoms with Crippen LogP contribution in [0.1, 0.15) is 22.3 Å². The molecule has 0 radical (unpaired) electrons. The fourth-order valence-corrected chi connectivity index (χ4v) is 1.48. The van der Waals surface area contributed by atoms with Crippen LogP contribution in [0.5, 0.6) is 0 Å². The molecular weight excluding hydrogens is 298 g/mol. The molecule has 0 spiro atoms. The van der Waals surface area contributed by atoms with Crippen molar-refractivity contribution in [3.05, 3.63) is 26.8 Å². The van der Waals surface area contributed by atoms with Crippen LogP contribution in [0.3, 0.4) is 0 Å². The third-order valence-corrected chi connectivity index (χ3v) is 2.59. The number of hydrogen-bond acceptors (Lipinski definition) is 2. The van der Waals surface area contributed by atoms with Gasteiger partial charge in [0.2, 0.25) is 5.95 Å². The highest BCUT2D eigenvalue weighted by atomic mass is 127. The molecule has 0 aliphatic carbocycles. The summed E-state index contributed by atoms with van der Waals surface area (Å²) in [7, 11) is 0. The topological polar surface area (TPSA) is 30.0 Å². The SMILES string of the molecule is O=Cc1c(F)ncc(C(F)F)c1I. The van der Waals surface area contributed by atoms with Crippen molar-refractivity contribution < 1.29 is 18.0 Å². The zero-order valence-corrected chi connectivity index (χ0v) is 8.26. The van der Waals surface area contributed by atoms with Crippen molar-refractivity contribution in [2.24, 2.45) is 0 Å². The number of rotatable bonds is 2. The van der Waals surface area contributed by atoms with E-state index in [1.807, 2.05) is 0 Å². The summed E-state index contributed by atoms with van der Waals surface area (Å²) in [5.74, 6) is -1.02. The molecule has 70 valence electrons. The first kappa shape index (κ1) is 10.4. The Hall–Kier alpha value is -0.660. The zero-order valence-electron chi connectivity index (χ0n) is 6.10. The first-order valence-electron chi connectivity index (χ1n) is 3.15. The van der Waals surface area contributed by atoms with E-state index in [1.54, 1.807) is 0 Å². The van der Waals surface area contributed by atoms with Crippen LogP contribution < -0.4 is 0 Å². The van der Waals surface area contributed by atoms with Crippen molar-refractivity contribution in [1.82, 2.24) is 4.98 Å². The maximum atomic E-state index is 12.7. The Morgan fingerprint density at radius 2 is 2.15 bits per heavy atom. The molecule has 0 saturated heterocycles. The minimum atomic E-state index is -2.75. The molecule has 0 aliphatic heterocycles. The number of aromatic nitrogens is 1. The first-order valence-corrected chi connectivity index (χ1v) is 4.23. The van der Waals surface area contributed by atoms with E-state index < -0.39 is 23.5 Å². The van der Waals surface area contributed by atoms with Gasteiger partial charge in [-0.1, -0.05) is 0 Å². The van der Waals surface area contributed by atoms with Gasteiger partial charge >= 0.3 is 0 Å². The summed E-state index contributed by atoms with van der Waals surface area (Å²) in [6.45, 7) is 0. The summed E-state index contributed by atoms with van der Waals surface area (Å²) in [6.07, 6.45) is -1.84. The molecule has 1 rings (SSSR count). The Morgan fingerprint density at radius 3 is 2.62 bits per heavy atom. The molecule has 1 aromatic heterocycles. The predicted octanol–water partition coefficient (Wildman–Crippen LogP) is 2.58. The van der Waals surface area contributed by atoms with Gasteiger partial charge in [-0.15, -0.1) is 0 Å². The van der Waals surface area contributed by atoms with Gasteiger partial charge in [0, 0.05) is 9.77 Å². The summed E-state index contributed by atoms with van der Waals surface area (Å²) < 4.78 is 37.0. The lowest BCUT2D eigenvalue weighted by Crippen LogP contribution is -2.01. The Balaban J connectivity index is 3.35. The fourth-order valence-electron chi connectivity index (χ4n) is 0.751. The van der Waals surface area contributed by atoms with Gasteiger partial charge < -0.3 is 0 Å². The number of carbonyl (C=O) groups excluding carboxylic acids is 1. The highest BCUT2D eigenvalue weighted by molar-refractivity contribution is 14.1. The lowest BCUT2D eigenvalue weighted by Gasteiger charge is -2.04. The number of aldehydes is 1. The maximum absolute atomic E-state index is 12.7. The average Bonchev–Trinajstić information content (AvgIpc) is 2.04. The van der Waals surface area contributed by atoms with Crippen LogP contribution in [0.4, 0.5) is 13.2 Å². The van der Waals surface area contributed by atoms with Crippen LogP contribution >= 0.6 is 22.6 Å². The maximum Gasteiger partial charge on any atom is 0.266 e. The molecular formula is C7H3F3INO. The van der Waals surface area contributed by atoms with E-state index in [2.05, 4.69) is 4.98 Å². The fraction of sp³-hybridized carbons (Fsp3) is 0.143. The Morgan fingerprint density at radius 1 is 1.54 bits per heavy atom. The second kappa shape index (κ2) is 4.03. The van der Waals surface area contributed by atoms with E-state index >= 15 is 0 Å². The van der Waals surface area contributed by atoms with Gasteiger partial charge in [0.1, 0.15) is 0 Å². The largest absolute Gasteiger partial charge is 0.298 e. The quantitative estimate of drug-likeness (QED) is 0.477. The van der Waals surface area contributed by atoms with E-state index in [0.717, 1.165) is 6.20 Å². The Kier molecular flexibility index (Phi) is 3.23. The molecule has 0 unspecified atom stereocenters. The number of nitrogens with zero attached hydrogens (tertiary/aromatic N) is 1. The van der Waals surface area contributed by atoms with Crippen LogP contribution in [0.2, 0.25) is 0 Å². The van der Waals surface area contributed by atoms with E-state index in [0.29, 0.717) is 0 Å². The van der Waals surface area contributed by atoms with Gasteiger partial charge in [0.25, 0.3) is 6.43 Å². The molecule has 0 bridgehead atoms. The van der Waals surface area contributed by atoms with Gasteiger partial charge in [0.15, 0.2) is 6.29 Å². The van der Waals surface area contributed by atoms with Crippen LogP contribution in [0.25, 0.3) is 0 Å². The predicted molar refractivity (Wildman–Crippen MR) is 47.3 cm³/mol. The molecule has 0 saturated carbocycles. The number of hydrogen-bond donors (Lipinski definition) is 0. The number of pyridine rings is 1. The van der Waals surface area contributed by atoms with Crippen LogP contribution in [-0.2, 0) is 0 Å². The molecule has 1 aromatic rings. The summed E-state index contributed by atoms with van der Waals surface area (Å²) in [6, 6.07) is 0. The summed E-state index contributed by atoms with van der Waals surface area (Å²) in [5, 5.41) is 0. The summed E-state index contributed by atoms with van der Waals surface area (Å²) in [4.78, 5) is 13.3. The van der Waals surface area contributed by atoms with Gasteiger partial charge in [-0.05, 0) is 22.6 Å². The van der Waals surface area contributed by atoms with Crippen LogP contribution in [0.15, 0.2) is 6.20 Å². The molecule has 2 nitrogen and oxygen atoms in total. The highest BCUT2D eigenvalue weighted by Gasteiger charge is 2.17. The van der Waals surface area contributed by atoms with Crippen molar-refractivity contribution in [2.45, 2.75) is 6.43 Å². The number of alkyl halides is 2. The molecule has 6 heteroatoms. The van der Waals surface area contributed by atoms with Crippen molar-refractivity contribution in [3.63, 3.8) is 0 Å². The lowest BCUT2D eigenvalue weighted by atomic mass is 10.2. The third-order valence-electron chi connectivity index (χ3n) is 1.38. The van der Waals surface area contributed by atoms with Crippen molar-refractivity contribution in [3.8, 4) is 0 Å². The normalized spacial score (nSPS) is 10.5. The molecule has 0 aromatic carbocycles. The van der Waals surface area contributed by atoms with Crippen LogP contribution in [0, 0.1) is 9.52 Å². The minimum absolute atomic E-state index is 0.0879. The van der Waals surface area contributed by atoms with Gasteiger partial charge in [0.05, 0.1) is 11.1 Å². The smallest absolute Gasteiger partial charge is 0.266 e. The monoisotopic (exact) mass is 301 g/mol.